The van der Waals surface area contributed by atoms with Crippen LogP contribution in [0.3, 0.4) is 0 Å². The highest BCUT2D eigenvalue weighted by atomic mass is 32.2. The van der Waals surface area contributed by atoms with Crippen molar-refractivity contribution >= 4 is 16.8 Å². The number of carbonyl (C=O) groups excluding carboxylic acids is 1. The van der Waals surface area contributed by atoms with Gasteiger partial charge in [0.2, 0.25) is 0 Å². The van der Waals surface area contributed by atoms with E-state index in [1.54, 1.807) is 0 Å². The Hall–Kier alpha value is -0.580. The quantitative estimate of drug-likeness (QED) is 0.749. The molecule has 1 unspecified atom stereocenters. The fourth-order valence-electron chi connectivity index (χ4n) is 1.45. The highest BCUT2D eigenvalue weighted by molar-refractivity contribution is 7.84. The van der Waals surface area contributed by atoms with Crippen LogP contribution in [0.5, 0.6) is 0 Å². The Balaban J connectivity index is 2.11. The Morgan fingerprint density at radius 3 is 2.64 bits per heavy atom. The normalized spacial score (nSPS) is 18.2. The number of nitrogens with one attached hydrogen (secondary N) is 1. The van der Waals surface area contributed by atoms with Gasteiger partial charge in [0.25, 0.3) is 0 Å². The van der Waals surface area contributed by atoms with Crippen molar-refractivity contribution < 1.29 is 9.00 Å². The molecule has 5 heteroatoms. The lowest BCUT2D eigenvalue weighted by Gasteiger charge is -2.15. The summed E-state index contributed by atoms with van der Waals surface area (Å²) in [6, 6.07) is -0.00407. The van der Waals surface area contributed by atoms with Crippen molar-refractivity contribution in [2.24, 2.45) is 0 Å². The number of urea groups is 1. The summed E-state index contributed by atoms with van der Waals surface area (Å²) in [5.74, 6) is 1.23. The zero-order valence-electron chi connectivity index (χ0n) is 8.62. The van der Waals surface area contributed by atoms with Gasteiger partial charge in [-0.25, -0.2) is 4.79 Å². The van der Waals surface area contributed by atoms with Crippen molar-refractivity contribution in [1.29, 1.82) is 0 Å². The minimum Gasteiger partial charge on any atom is -0.337 e. The second-order valence-electron chi connectivity index (χ2n) is 3.36. The van der Waals surface area contributed by atoms with Gasteiger partial charge in [0.1, 0.15) is 0 Å². The topological polar surface area (TPSA) is 49.4 Å². The Labute approximate surface area is 87.5 Å². The number of amides is 2. The van der Waals surface area contributed by atoms with E-state index in [4.69, 9.17) is 0 Å². The summed E-state index contributed by atoms with van der Waals surface area (Å²) in [5.41, 5.74) is 0. The van der Waals surface area contributed by atoms with Crippen LogP contribution in [-0.4, -0.2) is 46.3 Å². The van der Waals surface area contributed by atoms with E-state index >= 15 is 0 Å². The van der Waals surface area contributed by atoms with Crippen LogP contribution in [0.25, 0.3) is 0 Å². The summed E-state index contributed by atoms with van der Waals surface area (Å²) < 4.78 is 11.1. The molecular weight excluding hydrogens is 200 g/mol. The second-order valence-corrected chi connectivity index (χ2v) is 5.22. The number of rotatable bonds is 4. The van der Waals surface area contributed by atoms with Crippen LogP contribution in [0.4, 0.5) is 4.79 Å². The first-order chi connectivity index (χ1) is 6.74. The summed E-state index contributed by atoms with van der Waals surface area (Å²) in [6.45, 7) is 4.14. The lowest BCUT2D eigenvalue weighted by molar-refractivity contribution is 0.209. The summed E-state index contributed by atoms with van der Waals surface area (Å²) in [7, 11) is -0.778. The van der Waals surface area contributed by atoms with Gasteiger partial charge in [0.15, 0.2) is 0 Å². The van der Waals surface area contributed by atoms with Gasteiger partial charge in [-0.05, 0) is 12.8 Å². The summed E-state index contributed by atoms with van der Waals surface area (Å²) in [4.78, 5) is 13.2. The lowest BCUT2D eigenvalue weighted by atomic mass is 10.4. The maximum Gasteiger partial charge on any atom is 0.317 e. The molecule has 0 saturated carbocycles. The fourth-order valence-corrected chi connectivity index (χ4v) is 2.07. The van der Waals surface area contributed by atoms with E-state index in [0.29, 0.717) is 18.1 Å². The van der Waals surface area contributed by atoms with Crippen molar-refractivity contribution in [3.8, 4) is 0 Å². The summed E-state index contributed by atoms with van der Waals surface area (Å²) in [6.07, 6.45) is 2.21. The molecule has 1 saturated heterocycles. The molecule has 1 N–H and O–H groups in total. The fraction of sp³-hybridized carbons (Fsp3) is 0.889. The summed E-state index contributed by atoms with van der Waals surface area (Å²) >= 11 is 0. The smallest absolute Gasteiger partial charge is 0.317 e. The molecule has 0 aromatic heterocycles. The van der Waals surface area contributed by atoms with E-state index in [9.17, 15) is 9.00 Å². The van der Waals surface area contributed by atoms with Crippen LogP contribution in [0.2, 0.25) is 0 Å². The first kappa shape index (κ1) is 11.5. The van der Waals surface area contributed by atoms with Crippen molar-refractivity contribution in [3.63, 3.8) is 0 Å². The van der Waals surface area contributed by atoms with Crippen LogP contribution in [0, 0.1) is 0 Å². The first-order valence-corrected chi connectivity index (χ1v) is 6.60. The summed E-state index contributed by atoms with van der Waals surface area (Å²) in [5, 5.41) is 2.78. The minimum absolute atomic E-state index is 0.00407. The average molecular weight is 218 g/mol. The molecule has 0 aliphatic carbocycles. The van der Waals surface area contributed by atoms with Crippen molar-refractivity contribution in [1.82, 2.24) is 10.2 Å². The Bertz CT molecular complexity index is 215. The molecule has 0 bridgehead atoms. The monoisotopic (exact) mass is 218 g/mol. The molecule has 82 valence electrons. The average Bonchev–Trinajstić information content (AvgIpc) is 2.70. The van der Waals surface area contributed by atoms with Gasteiger partial charge in [-0.15, -0.1) is 0 Å². The molecule has 1 aliphatic heterocycles. The van der Waals surface area contributed by atoms with Crippen molar-refractivity contribution in [3.05, 3.63) is 0 Å². The van der Waals surface area contributed by atoms with E-state index in [0.717, 1.165) is 25.9 Å². The van der Waals surface area contributed by atoms with Crippen LogP contribution >= 0.6 is 0 Å². The van der Waals surface area contributed by atoms with Crippen LogP contribution in [-0.2, 0) is 10.8 Å². The maximum absolute atomic E-state index is 11.4. The molecule has 4 nitrogen and oxygen atoms in total. The molecule has 1 fully saturated rings. The number of nitrogens with zero attached hydrogens (tertiary/aromatic N) is 1. The van der Waals surface area contributed by atoms with Gasteiger partial charge in [-0.2, -0.15) is 0 Å². The predicted octanol–water partition coefficient (Wildman–Crippen LogP) is 0.560. The molecule has 0 radical (unpaired) electrons. The predicted molar refractivity (Wildman–Crippen MR) is 57.8 cm³/mol. The van der Waals surface area contributed by atoms with Gasteiger partial charge >= 0.3 is 6.03 Å². The first-order valence-electron chi connectivity index (χ1n) is 5.11. The standard InChI is InChI=1S/C9H18N2O2S/c1-2-14(13)8-5-10-9(12)11-6-3-4-7-11/h2-8H2,1H3,(H,10,12). The second kappa shape index (κ2) is 6.01. The van der Waals surface area contributed by atoms with Crippen molar-refractivity contribution in [2.75, 3.05) is 31.1 Å². The molecule has 1 heterocycles. The lowest BCUT2D eigenvalue weighted by Crippen LogP contribution is -2.39. The van der Waals surface area contributed by atoms with E-state index in [2.05, 4.69) is 5.32 Å². The van der Waals surface area contributed by atoms with E-state index in [1.165, 1.54) is 0 Å². The third kappa shape index (κ3) is 3.65. The Morgan fingerprint density at radius 1 is 1.43 bits per heavy atom. The molecule has 2 amide bonds. The molecule has 1 aliphatic rings. The van der Waals surface area contributed by atoms with Crippen LogP contribution in [0.15, 0.2) is 0 Å². The van der Waals surface area contributed by atoms with Crippen molar-refractivity contribution in [2.45, 2.75) is 19.8 Å². The molecule has 0 aromatic carbocycles. The molecule has 1 atom stereocenters. The molecular formula is C9H18N2O2S. The molecule has 1 rings (SSSR count). The minimum atomic E-state index is -0.778. The maximum atomic E-state index is 11.4. The van der Waals surface area contributed by atoms with E-state index in [1.807, 2.05) is 11.8 Å². The largest absolute Gasteiger partial charge is 0.337 e. The van der Waals surface area contributed by atoms with Gasteiger partial charge in [0.05, 0.1) is 0 Å². The van der Waals surface area contributed by atoms with E-state index in [-0.39, 0.29) is 6.03 Å². The zero-order chi connectivity index (χ0) is 10.4. The van der Waals surface area contributed by atoms with Gasteiger partial charge < -0.3 is 10.2 Å². The Morgan fingerprint density at radius 2 is 2.07 bits per heavy atom. The number of hydrogen-bond acceptors (Lipinski definition) is 2. The number of carbonyl (C=O) groups is 1. The zero-order valence-corrected chi connectivity index (χ0v) is 9.44. The molecule has 0 aromatic rings. The van der Waals surface area contributed by atoms with Gasteiger partial charge in [0, 0.05) is 41.9 Å². The number of hydrogen-bond donors (Lipinski definition) is 1. The van der Waals surface area contributed by atoms with Gasteiger partial charge in [-0.1, -0.05) is 6.92 Å². The number of likely N-dealkylation sites (tertiary alicyclic amines) is 1. The SMILES string of the molecule is CCS(=O)CCNC(=O)N1CCCC1. The van der Waals surface area contributed by atoms with Gasteiger partial charge in [-0.3, -0.25) is 4.21 Å². The van der Waals surface area contributed by atoms with Crippen LogP contribution < -0.4 is 5.32 Å². The highest BCUT2D eigenvalue weighted by Crippen LogP contribution is 2.06. The molecule has 14 heavy (non-hydrogen) atoms. The third-order valence-corrected chi connectivity index (χ3v) is 3.62. The Kier molecular flexibility index (Phi) is 4.93. The van der Waals surface area contributed by atoms with E-state index < -0.39 is 10.8 Å². The van der Waals surface area contributed by atoms with Crippen LogP contribution in [0.1, 0.15) is 19.8 Å². The highest BCUT2D eigenvalue weighted by Gasteiger charge is 2.16. The third-order valence-electron chi connectivity index (χ3n) is 2.32. The molecule has 0 spiro atoms.